The summed E-state index contributed by atoms with van der Waals surface area (Å²) >= 11 is 1.82. The Kier molecular flexibility index (Phi) is 5.74. The lowest BCUT2D eigenvalue weighted by Crippen LogP contribution is -2.22. The second-order valence-electron chi connectivity index (χ2n) is 5.08. The molecule has 0 aliphatic carbocycles. The Hall–Kier alpha value is -1.19. The first-order chi connectivity index (χ1) is 9.70. The van der Waals surface area contributed by atoms with Crippen molar-refractivity contribution in [1.29, 1.82) is 0 Å². The van der Waals surface area contributed by atoms with Gasteiger partial charge in [-0.05, 0) is 67.4 Å². The molecular weight excluding hydrogens is 269 g/mol. The molecule has 20 heavy (non-hydrogen) atoms. The Morgan fingerprint density at radius 2 is 2.15 bits per heavy atom. The van der Waals surface area contributed by atoms with E-state index in [0.29, 0.717) is 6.04 Å². The molecule has 1 atom stereocenters. The zero-order valence-electron chi connectivity index (χ0n) is 12.2. The van der Waals surface area contributed by atoms with Crippen LogP contribution in [-0.4, -0.2) is 6.54 Å². The van der Waals surface area contributed by atoms with Crippen molar-refractivity contribution in [2.45, 2.75) is 39.2 Å². The Morgan fingerprint density at radius 3 is 2.80 bits per heavy atom. The summed E-state index contributed by atoms with van der Waals surface area (Å²) in [5, 5.41) is 5.65. The van der Waals surface area contributed by atoms with E-state index in [0.717, 1.165) is 31.4 Å². The summed E-state index contributed by atoms with van der Waals surface area (Å²) in [5.41, 5.74) is 2.26. The zero-order valence-corrected chi connectivity index (χ0v) is 13.0. The van der Waals surface area contributed by atoms with Gasteiger partial charge in [-0.2, -0.15) is 0 Å². The number of aryl methyl sites for hydroxylation is 2. The molecule has 2 rings (SSSR count). The third-order valence-corrected chi connectivity index (χ3v) is 4.49. The molecule has 1 N–H and O–H groups in total. The van der Waals surface area contributed by atoms with E-state index >= 15 is 0 Å². The number of hydrogen-bond acceptors (Lipinski definition) is 2. The average Bonchev–Trinajstić information content (AvgIpc) is 2.91. The summed E-state index contributed by atoms with van der Waals surface area (Å²) in [6.45, 7) is 5.04. The van der Waals surface area contributed by atoms with Gasteiger partial charge in [-0.3, -0.25) is 0 Å². The highest BCUT2D eigenvalue weighted by Crippen LogP contribution is 2.24. The van der Waals surface area contributed by atoms with Crippen LogP contribution in [0.5, 0.6) is 0 Å². The van der Waals surface area contributed by atoms with Gasteiger partial charge in [0, 0.05) is 10.9 Å². The predicted octanol–water partition coefficient (Wildman–Crippen LogP) is 4.87. The van der Waals surface area contributed by atoms with Gasteiger partial charge >= 0.3 is 0 Å². The van der Waals surface area contributed by atoms with E-state index in [1.54, 1.807) is 12.1 Å². The Morgan fingerprint density at radius 1 is 1.30 bits per heavy atom. The summed E-state index contributed by atoms with van der Waals surface area (Å²) in [4.78, 5) is 1.44. The lowest BCUT2D eigenvalue weighted by Gasteiger charge is -2.20. The van der Waals surface area contributed by atoms with Crippen LogP contribution in [-0.2, 0) is 6.42 Å². The average molecular weight is 291 g/mol. The maximum atomic E-state index is 13.2. The van der Waals surface area contributed by atoms with E-state index in [-0.39, 0.29) is 5.82 Å². The maximum Gasteiger partial charge on any atom is 0.123 e. The molecule has 1 aromatic carbocycles. The second kappa shape index (κ2) is 7.55. The third-order valence-electron chi connectivity index (χ3n) is 3.55. The third kappa shape index (κ3) is 4.15. The van der Waals surface area contributed by atoms with Crippen LogP contribution in [0.15, 0.2) is 35.7 Å². The normalized spacial score (nSPS) is 12.6. The smallest absolute Gasteiger partial charge is 0.123 e. The molecule has 1 nitrogen and oxygen atoms in total. The first-order valence-electron chi connectivity index (χ1n) is 7.22. The standard InChI is InChI=1S/C17H22FNS/c1-3-19-17(8-4-6-15-7-5-11-20-15)16-10-9-14(18)12-13(16)2/h5,7,9-12,17,19H,3-4,6,8H2,1-2H3. The van der Waals surface area contributed by atoms with E-state index in [1.165, 1.54) is 10.4 Å². The van der Waals surface area contributed by atoms with Crippen molar-refractivity contribution in [2.24, 2.45) is 0 Å². The first-order valence-corrected chi connectivity index (χ1v) is 8.10. The zero-order chi connectivity index (χ0) is 14.4. The number of halogens is 1. The molecule has 0 saturated heterocycles. The summed E-state index contributed by atoms with van der Waals surface area (Å²) in [6.07, 6.45) is 3.35. The molecule has 2 aromatic rings. The van der Waals surface area contributed by atoms with Crippen LogP contribution in [0.2, 0.25) is 0 Å². The Bertz CT molecular complexity index is 522. The molecule has 108 valence electrons. The second-order valence-corrected chi connectivity index (χ2v) is 6.12. The minimum absolute atomic E-state index is 0.153. The SMILES string of the molecule is CCNC(CCCc1cccs1)c1ccc(F)cc1C. The van der Waals surface area contributed by atoms with E-state index in [4.69, 9.17) is 0 Å². The van der Waals surface area contributed by atoms with Crippen LogP contribution >= 0.6 is 11.3 Å². The Balaban J connectivity index is 1.98. The molecule has 0 radical (unpaired) electrons. The molecule has 0 aliphatic heterocycles. The highest BCUT2D eigenvalue weighted by Gasteiger charge is 2.13. The Labute approximate surface area is 124 Å². The molecule has 0 aliphatic rings. The topological polar surface area (TPSA) is 12.0 Å². The highest BCUT2D eigenvalue weighted by atomic mass is 32.1. The van der Waals surface area contributed by atoms with Gasteiger partial charge in [0.25, 0.3) is 0 Å². The highest BCUT2D eigenvalue weighted by molar-refractivity contribution is 7.09. The van der Waals surface area contributed by atoms with Crippen molar-refractivity contribution in [3.63, 3.8) is 0 Å². The maximum absolute atomic E-state index is 13.2. The van der Waals surface area contributed by atoms with Crippen molar-refractivity contribution < 1.29 is 4.39 Å². The van der Waals surface area contributed by atoms with E-state index < -0.39 is 0 Å². The van der Waals surface area contributed by atoms with Crippen LogP contribution in [0.25, 0.3) is 0 Å². The number of thiophene rings is 1. The molecule has 3 heteroatoms. The number of nitrogens with one attached hydrogen (secondary N) is 1. The fourth-order valence-electron chi connectivity index (χ4n) is 2.58. The fourth-order valence-corrected chi connectivity index (χ4v) is 3.33. The molecule has 1 aromatic heterocycles. The van der Waals surface area contributed by atoms with Crippen molar-refractivity contribution in [3.8, 4) is 0 Å². The van der Waals surface area contributed by atoms with E-state index in [9.17, 15) is 4.39 Å². The van der Waals surface area contributed by atoms with Crippen LogP contribution < -0.4 is 5.32 Å². The monoisotopic (exact) mass is 291 g/mol. The van der Waals surface area contributed by atoms with Gasteiger partial charge in [-0.25, -0.2) is 4.39 Å². The molecule has 0 bridgehead atoms. The summed E-state index contributed by atoms with van der Waals surface area (Å²) in [6, 6.07) is 9.72. The van der Waals surface area contributed by atoms with Gasteiger partial charge in [-0.1, -0.05) is 19.1 Å². The van der Waals surface area contributed by atoms with Crippen molar-refractivity contribution in [1.82, 2.24) is 5.32 Å². The van der Waals surface area contributed by atoms with Gasteiger partial charge < -0.3 is 5.32 Å². The van der Waals surface area contributed by atoms with Crippen LogP contribution in [0.3, 0.4) is 0 Å². The minimum atomic E-state index is -0.153. The van der Waals surface area contributed by atoms with Gasteiger partial charge in [0.1, 0.15) is 5.82 Å². The molecule has 0 fully saturated rings. The lowest BCUT2D eigenvalue weighted by molar-refractivity contribution is 0.495. The summed E-state index contributed by atoms with van der Waals surface area (Å²) < 4.78 is 13.2. The molecule has 0 spiro atoms. The van der Waals surface area contributed by atoms with Gasteiger partial charge in [0.2, 0.25) is 0 Å². The molecule has 0 saturated carbocycles. The summed E-state index contributed by atoms with van der Waals surface area (Å²) in [7, 11) is 0. The fraction of sp³-hybridized carbons (Fsp3) is 0.412. The molecular formula is C17H22FNS. The predicted molar refractivity (Wildman–Crippen MR) is 84.8 cm³/mol. The van der Waals surface area contributed by atoms with Crippen molar-refractivity contribution >= 4 is 11.3 Å². The van der Waals surface area contributed by atoms with Crippen molar-refractivity contribution in [3.05, 3.63) is 57.5 Å². The van der Waals surface area contributed by atoms with Gasteiger partial charge in [-0.15, -0.1) is 11.3 Å². The van der Waals surface area contributed by atoms with E-state index in [1.807, 2.05) is 24.3 Å². The van der Waals surface area contributed by atoms with Crippen molar-refractivity contribution in [2.75, 3.05) is 6.54 Å². The lowest BCUT2D eigenvalue weighted by atomic mass is 9.96. The summed E-state index contributed by atoms with van der Waals surface area (Å²) in [5.74, 6) is -0.153. The largest absolute Gasteiger partial charge is 0.310 e. The number of benzene rings is 1. The van der Waals surface area contributed by atoms with Gasteiger partial charge in [0.15, 0.2) is 0 Å². The van der Waals surface area contributed by atoms with E-state index in [2.05, 4.69) is 29.8 Å². The molecule has 1 heterocycles. The van der Waals surface area contributed by atoms with Crippen LogP contribution in [0.4, 0.5) is 4.39 Å². The minimum Gasteiger partial charge on any atom is -0.310 e. The first kappa shape index (κ1) is 15.2. The molecule has 1 unspecified atom stereocenters. The number of hydrogen-bond donors (Lipinski definition) is 1. The van der Waals surface area contributed by atoms with Gasteiger partial charge in [0.05, 0.1) is 0 Å². The molecule has 0 amide bonds. The van der Waals surface area contributed by atoms with Crippen LogP contribution in [0, 0.1) is 12.7 Å². The quantitative estimate of drug-likeness (QED) is 0.767. The van der Waals surface area contributed by atoms with Crippen LogP contribution in [0.1, 0.15) is 41.8 Å². The number of rotatable bonds is 7.